The summed E-state index contributed by atoms with van der Waals surface area (Å²) in [6, 6.07) is 7.84. The molecule has 0 bridgehead atoms. The molecule has 0 radical (unpaired) electrons. The molecule has 0 atom stereocenters. The van der Waals surface area contributed by atoms with Crippen LogP contribution in [0.3, 0.4) is 0 Å². The Morgan fingerprint density at radius 2 is 2.22 bits per heavy atom. The lowest BCUT2D eigenvalue weighted by atomic mass is 10.0. The Hall–Kier alpha value is -1.68. The Labute approximate surface area is 110 Å². The van der Waals surface area contributed by atoms with E-state index in [1.165, 1.54) is 0 Å². The SMILES string of the molecule is Cc1nc(CN2CCC(=O)c3ccccc32)cs1. The number of anilines is 1. The number of rotatable bonds is 2. The van der Waals surface area contributed by atoms with E-state index in [0.29, 0.717) is 6.42 Å². The van der Waals surface area contributed by atoms with E-state index in [1.54, 1.807) is 11.3 Å². The maximum Gasteiger partial charge on any atom is 0.166 e. The molecule has 1 aromatic carbocycles. The molecular formula is C14H14N2OS. The molecule has 0 amide bonds. The van der Waals surface area contributed by atoms with E-state index in [1.807, 2.05) is 31.2 Å². The number of thiazole rings is 1. The van der Waals surface area contributed by atoms with Gasteiger partial charge >= 0.3 is 0 Å². The molecule has 0 saturated heterocycles. The van der Waals surface area contributed by atoms with Crippen LogP contribution in [0.1, 0.15) is 27.5 Å². The molecule has 92 valence electrons. The van der Waals surface area contributed by atoms with Crippen LogP contribution >= 0.6 is 11.3 Å². The van der Waals surface area contributed by atoms with Crippen LogP contribution in [0.2, 0.25) is 0 Å². The molecule has 2 heterocycles. The van der Waals surface area contributed by atoms with Crippen molar-refractivity contribution in [3.05, 3.63) is 45.9 Å². The Bertz CT molecular complexity index is 591. The van der Waals surface area contributed by atoms with Gasteiger partial charge in [0.2, 0.25) is 0 Å². The lowest BCUT2D eigenvalue weighted by Crippen LogP contribution is -2.31. The lowest BCUT2D eigenvalue weighted by Gasteiger charge is -2.29. The lowest BCUT2D eigenvalue weighted by molar-refractivity contribution is 0.0979. The van der Waals surface area contributed by atoms with Gasteiger partial charge in [0.15, 0.2) is 5.78 Å². The van der Waals surface area contributed by atoms with E-state index in [0.717, 1.165) is 35.0 Å². The minimum absolute atomic E-state index is 0.247. The number of Topliss-reactive ketones (excluding diaryl/α,β-unsaturated/α-hetero) is 1. The summed E-state index contributed by atoms with van der Waals surface area (Å²) in [5.74, 6) is 0.247. The van der Waals surface area contributed by atoms with E-state index < -0.39 is 0 Å². The van der Waals surface area contributed by atoms with Crippen LogP contribution in [0.25, 0.3) is 0 Å². The van der Waals surface area contributed by atoms with Crippen molar-refractivity contribution in [2.45, 2.75) is 19.9 Å². The molecule has 18 heavy (non-hydrogen) atoms. The normalized spacial score (nSPS) is 14.7. The molecule has 0 saturated carbocycles. The molecule has 3 nitrogen and oxygen atoms in total. The molecule has 1 aliphatic heterocycles. The number of para-hydroxylation sites is 1. The van der Waals surface area contributed by atoms with Crippen molar-refractivity contribution in [3.8, 4) is 0 Å². The number of hydrogen-bond acceptors (Lipinski definition) is 4. The zero-order valence-corrected chi connectivity index (χ0v) is 11.0. The molecule has 0 N–H and O–H groups in total. The number of fused-ring (bicyclic) bond motifs is 1. The Morgan fingerprint density at radius 1 is 1.39 bits per heavy atom. The summed E-state index contributed by atoms with van der Waals surface area (Å²) >= 11 is 1.67. The van der Waals surface area contributed by atoms with Gasteiger partial charge in [-0.2, -0.15) is 0 Å². The summed E-state index contributed by atoms with van der Waals surface area (Å²) in [5, 5.41) is 3.18. The van der Waals surface area contributed by atoms with Gasteiger partial charge in [-0.3, -0.25) is 4.79 Å². The number of carbonyl (C=O) groups excluding carboxylic acids is 1. The predicted octanol–water partition coefficient (Wildman–Crippen LogP) is 3.04. The predicted molar refractivity (Wildman–Crippen MR) is 73.3 cm³/mol. The zero-order valence-electron chi connectivity index (χ0n) is 10.2. The summed E-state index contributed by atoms with van der Waals surface area (Å²) in [6.07, 6.45) is 0.597. The third-order valence-electron chi connectivity index (χ3n) is 3.17. The number of aromatic nitrogens is 1. The third kappa shape index (κ3) is 2.04. The van der Waals surface area contributed by atoms with Crippen LogP contribution in [0.4, 0.5) is 5.69 Å². The van der Waals surface area contributed by atoms with Gasteiger partial charge in [-0.1, -0.05) is 12.1 Å². The number of carbonyl (C=O) groups is 1. The van der Waals surface area contributed by atoms with Crippen molar-refractivity contribution in [2.75, 3.05) is 11.4 Å². The molecule has 4 heteroatoms. The summed E-state index contributed by atoms with van der Waals surface area (Å²) < 4.78 is 0. The second-order valence-corrected chi connectivity index (χ2v) is 5.53. The van der Waals surface area contributed by atoms with Crippen LogP contribution < -0.4 is 4.90 Å². The fraction of sp³-hybridized carbons (Fsp3) is 0.286. The van der Waals surface area contributed by atoms with Gasteiger partial charge in [0, 0.05) is 29.6 Å². The van der Waals surface area contributed by atoms with Gasteiger partial charge in [0.05, 0.1) is 17.2 Å². The average Bonchev–Trinajstić information content (AvgIpc) is 2.79. The summed E-state index contributed by atoms with van der Waals surface area (Å²) in [5.41, 5.74) is 2.97. The first-order chi connectivity index (χ1) is 8.74. The smallest absolute Gasteiger partial charge is 0.166 e. The van der Waals surface area contributed by atoms with Gasteiger partial charge in [0.1, 0.15) is 0 Å². The van der Waals surface area contributed by atoms with Crippen LogP contribution in [0.5, 0.6) is 0 Å². The first-order valence-corrected chi connectivity index (χ1v) is 6.90. The van der Waals surface area contributed by atoms with E-state index in [4.69, 9.17) is 0 Å². The largest absolute Gasteiger partial charge is 0.365 e. The molecule has 0 fully saturated rings. The summed E-state index contributed by atoms with van der Waals surface area (Å²) in [4.78, 5) is 18.6. The van der Waals surface area contributed by atoms with Crippen LogP contribution in [-0.2, 0) is 6.54 Å². The molecule has 1 aromatic heterocycles. The number of nitrogens with zero attached hydrogens (tertiary/aromatic N) is 2. The molecular weight excluding hydrogens is 244 g/mol. The Balaban J connectivity index is 1.90. The highest BCUT2D eigenvalue weighted by Crippen LogP contribution is 2.28. The van der Waals surface area contributed by atoms with Crippen molar-refractivity contribution in [2.24, 2.45) is 0 Å². The minimum atomic E-state index is 0.247. The van der Waals surface area contributed by atoms with Crippen molar-refractivity contribution in [1.82, 2.24) is 4.98 Å². The van der Waals surface area contributed by atoms with Crippen molar-refractivity contribution >= 4 is 22.8 Å². The quantitative estimate of drug-likeness (QED) is 0.830. The molecule has 1 aliphatic rings. The van der Waals surface area contributed by atoms with Gasteiger partial charge in [0.25, 0.3) is 0 Å². The number of aryl methyl sites for hydroxylation is 1. The topological polar surface area (TPSA) is 33.2 Å². The maximum absolute atomic E-state index is 11.8. The first-order valence-electron chi connectivity index (χ1n) is 6.02. The van der Waals surface area contributed by atoms with Gasteiger partial charge in [-0.25, -0.2) is 4.98 Å². The van der Waals surface area contributed by atoms with Gasteiger partial charge in [-0.15, -0.1) is 11.3 Å². The van der Waals surface area contributed by atoms with Crippen molar-refractivity contribution < 1.29 is 4.79 Å². The number of ketones is 1. The fourth-order valence-electron chi connectivity index (χ4n) is 2.32. The van der Waals surface area contributed by atoms with Gasteiger partial charge < -0.3 is 4.90 Å². The zero-order chi connectivity index (χ0) is 12.5. The maximum atomic E-state index is 11.8. The first kappa shape index (κ1) is 11.4. The van der Waals surface area contributed by atoms with Crippen LogP contribution in [0.15, 0.2) is 29.6 Å². The molecule has 0 aliphatic carbocycles. The Kier molecular flexibility index (Phi) is 2.88. The van der Waals surface area contributed by atoms with E-state index in [-0.39, 0.29) is 5.78 Å². The molecule has 0 spiro atoms. The average molecular weight is 258 g/mol. The summed E-state index contributed by atoms with van der Waals surface area (Å²) in [6.45, 7) is 3.59. The van der Waals surface area contributed by atoms with E-state index in [9.17, 15) is 4.79 Å². The third-order valence-corrected chi connectivity index (χ3v) is 4.00. The fourth-order valence-corrected chi connectivity index (χ4v) is 2.92. The Morgan fingerprint density at radius 3 is 3.00 bits per heavy atom. The second-order valence-electron chi connectivity index (χ2n) is 4.47. The standard InChI is InChI=1S/C14H14N2OS/c1-10-15-11(9-18-10)8-16-7-6-14(17)12-4-2-3-5-13(12)16/h2-5,9H,6-8H2,1H3. The number of benzene rings is 1. The number of hydrogen-bond donors (Lipinski definition) is 0. The molecule has 0 unspecified atom stereocenters. The van der Waals surface area contributed by atoms with Crippen molar-refractivity contribution in [1.29, 1.82) is 0 Å². The highest BCUT2D eigenvalue weighted by atomic mass is 32.1. The van der Waals surface area contributed by atoms with E-state index >= 15 is 0 Å². The van der Waals surface area contributed by atoms with Gasteiger partial charge in [-0.05, 0) is 19.1 Å². The molecule has 2 aromatic rings. The van der Waals surface area contributed by atoms with Crippen molar-refractivity contribution in [3.63, 3.8) is 0 Å². The monoisotopic (exact) mass is 258 g/mol. The van der Waals surface area contributed by atoms with Crippen LogP contribution in [0, 0.1) is 6.92 Å². The summed E-state index contributed by atoms with van der Waals surface area (Å²) in [7, 11) is 0. The van der Waals surface area contributed by atoms with E-state index in [2.05, 4.69) is 15.3 Å². The second kappa shape index (κ2) is 4.53. The van der Waals surface area contributed by atoms with Crippen LogP contribution in [-0.4, -0.2) is 17.3 Å². The highest BCUT2D eigenvalue weighted by Gasteiger charge is 2.22. The highest BCUT2D eigenvalue weighted by molar-refractivity contribution is 7.09. The molecule has 3 rings (SSSR count). The minimum Gasteiger partial charge on any atom is -0.365 e.